The summed E-state index contributed by atoms with van der Waals surface area (Å²) < 4.78 is 1.59. The number of carbonyl (C=O) groups is 3. The van der Waals surface area contributed by atoms with Crippen LogP contribution in [-0.4, -0.2) is 38.1 Å². The zero-order valence-corrected chi connectivity index (χ0v) is 21.2. The number of benzene rings is 2. The molecule has 0 aliphatic heterocycles. The smallest absolute Gasteiger partial charge is 0.235 e. The summed E-state index contributed by atoms with van der Waals surface area (Å²) in [6, 6.07) is 14.6. The molecule has 8 nitrogen and oxygen atoms in total. The molecule has 2 amide bonds. The average molecular weight is 489 g/mol. The molecular formula is C28H32N4O4. The largest absolute Gasteiger partial charge is 0.389 e. The van der Waals surface area contributed by atoms with Crippen LogP contribution in [0.2, 0.25) is 0 Å². The summed E-state index contributed by atoms with van der Waals surface area (Å²) in [7, 11) is 1.74. The second-order valence-electron chi connectivity index (χ2n) is 9.93. The Kier molecular flexibility index (Phi) is 6.82. The number of ketones is 1. The van der Waals surface area contributed by atoms with Crippen molar-refractivity contribution in [3.05, 3.63) is 77.1 Å². The van der Waals surface area contributed by atoms with E-state index in [0.717, 1.165) is 11.1 Å². The summed E-state index contributed by atoms with van der Waals surface area (Å²) in [6.45, 7) is 7.00. The van der Waals surface area contributed by atoms with Crippen LogP contribution in [0.3, 0.4) is 0 Å². The van der Waals surface area contributed by atoms with Gasteiger partial charge in [-0.05, 0) is 56.5 Å². The number of hydrogen-bond acceptors (Lipinski definition) is 5. The molecule has 1 aliphatic rings. The Hall–Kier alpha value is -3.78. The van der Waals surface area contributed by atoms with Gasteiger partial charge in [-0.15, -0.1) is 0 Å². The lowest BCUT2D eigenvalue weighted by atomic mass is 9.61. The van der Waals surface area contributed by atoms with Crippen LogP contribution in [0.15, 0.2) is 54.7 Å². The maximum atomic E-state index is 13.8. The van der Waals surface area contributed by atoms with E-state index in [9.17, 15) is 19.5 Å². The van der Waals surface area contributed by atoms with Crippen molar-refractivity contribution < 1.29 is 19.5 Å². The molecule has 188 valence electrons. The van der Waals surface area contributed by atoms with Crippen LogP contribution in [0, 0.1) is 32.6 Å². The van der Waals surface area contributed by atoms with Crippen molar-refractivity contribution in [2.45, 2.75) is 45.6 Å². The molecule has 3 N–H and O–H groups in total. The number of hydrogen-bond donors (Lipinski definition) is 3. The number of nitrogens with one attached hydrogen (secondary N) is 2. The van der Waals surface area contributed by atoms with Gasteiger partial charge in [-0.2, -0.15) is 5.10 Å². The van der Waals surface area contributed by atoms with Crippen molar-refractivity contribution in [2.75, 3.05) is 10.6 Å². The highest BCUT2D eigenvalue weighted by atomic mass is 16.3. The fourth-order valence-electron chi connectivity index (χ4n) is 5.26. The third-order valence-corrected chi connectivity index (χ3v) is 7.05. The standard InChI is InChI=1S/C28H32N4O4/c1-16-10-6-8-12-20(16)29-26(34)24-22(33)14-28(4,36)25(23(24)19-15-32(5)31-18(19)3)27(35)30-21-13-9-7-11-17(21)2/h6-13,15,23-25,36H,14H2,1-5H3,(H,29,34)(H,30,35)/t23-,24-,25+,28-/m0/s1. The van der Waals surface area contributed by atoms with Crippen molar-refractivity contribution in [3.63, 3.8) is 0 Å². The highest BCUT2D eigenvalue weighted by Crippen LogP contribution is 2.47. The van der Waals surface area contributed by atoms with Crippen molar-refractivity contribution in [1.29, 1.82) is 0 Å². The molecule has 36 heavy (non-hydrogen) atoms. The number of para-hydroxylation sites is 2. The quantitative estimate of drug-likeness (QED) is 0.475. The second-order valence-corrected chi connectivity index (χ2v) is 9.93. The van der Waals surface area contributed by atoms with Crippen LogP contribution < -0.4 is 10.6 Å². The molecule has 1 aromatic heterocycles. The van der Waals surface area contributed by atoms with Gasteiger partial charge in [-0.3, -0.25) is 19.1 Å². The number of rotatable bonds is 5. The van der Waals surface area contributed by atoms with E-state index in [0.29, 0.717) is 22.6 Å². The van der Waals surface area contributed by atoms with E-state index in [1.165, 1.54) is 6.92 Å². The summed E-state index contributed by atoms with van der Waals surface area (Å²) in [6.07, 6.45) is 1.40. The fourth-order valence-corrected chi connectivity index (χ4v) is 5.26. The minimum atomic E-state index is -1.67. The van der Waals surface area contributed by atoms with Gasteiger partial charge in [0, 0.05) is 37.0 Å². The van der Waals surface area contributed by atoms with Crippen LogP contribution in [0.1, 0.15) is 41.6 Å². The topological polar surface area (TPSA) is 113 Å². The van der Waals surface area contributed by atoms with Crippen LogP contribution in [0.25, 0.3) is 0 Å². The van der Waals surface area contributed by atoms with Gasteiger partial charge < -0.3 is 15.7 Å². The lowest BCUT2D eigenvalue weighted by Crippen LogP contribution is -2.56. The summed E-state index contributed by atoms with van der Waals surface area (Å²) in [5.74, 6) is -4.55. The third kappa shape index (κ3) is 4.81. The van der Waals surface area contributed by atoms with E-state index in [4.69, 9.17) is 0 Å². The first kappa shape index (κ1) is 25.3. The molecule has 0 radical (unpaired) electrons. The summed E-state index contributed by atoms with van der Waals surface area (Å²) in [5, 5.41) is 21.7. The molecule has 1 heterocycles. The molecule has 0 spiro atoms. The van der Waals surface area contributed by atoms with Crippen LogP contribution in [0.4, 0.5) is 11.4 Å². The second kappa shape index (κ2) is 9.70. The number of aryl methyl sites for hydroxylation is 4. The Morgan fingerprint density at radius 1 is 0.972 bits per heavy atom. The van der Waals surface area contributed by atoms with Gasteiger partial charge in [0.25, 0.3) is 0 Å². The summed E-state index contributed by atoms with van der Waals surface area (Å²) >= 11 is 0. The molecule has 0 saturated heterocycles. The molecule has 1 saturated carbocycles. The molecule has 0 unspecified atom stereocenters. The number of amides is 2. The first-order chi connectivity index (χ1) is 17.0. The maximum Gasteiger partial charge on any atom is 0.235 e. The van der Waals surface area contributed by atoms with E-state index in [2.05, 4.69) is 15.7 Å². The van der Waals surface area contributed by atoms with Crippen molar-refractivity contribution in [1.82, 2.24) is 9.78 Å². The van der Waals surface area contributed by atoms with E-state index in [1.54, 1.807) is 43.0 Å². The molecule has 1 fully saturated rings. The minimum Gasteiger partial charge on any atom is -0.389 e. The molecule has 4 rings (SSSR count). The molecule has 8 heteroatoms. The Morgan fingerprint density at radius 2 is 1.50 bits per heavy atom. The molecule has 3 aromatic rings. The number of aromatic nitrogens is 2. The Morgan fingerprint density at radius 3 is 2.00 bits per heavy atom. The third-order valence-electron chi connectivity index (χ3n) is 7.05. The Bertz CT molecular complexity index is 1330. The summed E-state index contributed by atoms with van der Waals surface area (Å²) in [4.78, 5) is 40.9. The van der Waals surface area contributed by atoms with E-state index in [1.807, 2.05) is 44.2 Å². The van der Waals surface area contributed by atoms with Gasteiger partial charge in [0.1, 0.15) is 11.7 Å². The molecule has 1 aliphatic carbocycles. The lowest BCUT2D eigenvalue weighted by Gasteiger charge is -2.44. The Labute approximate surface area is 210 Å². The predicted molar refractivity (Wildman–Crippen MR) is 138 cm³/mol. The van der Waals surface area contributed by atoms with Gasteiger partial charge in [-0.25, -0.2) is 0 Å². The van der Waals surface area contributed by atoms with Gasteiger partial charge in [0.15, 0.2) is 0 Å². The van der Waals surface area contributed by atoms with Gasteiger partial charge in [0.2, 0.25) is 11.8 Å². The summed E-state index contributed by atoms with van der Waals surface area (Å²) in [5.41, 5.74) is 2.42. The van der Waals surface area contributed by atoms with Crippen molar-refractivity contribution in [3.8, 4) is 0 Å². The molecule has 4 atom stereocenters. The molecule has 2 aromatic carbocycles. The van der Waals surface area contributed by atoms with Gasteiger partial charge in [-0.1, -0.05) is 36.4 Å². The van der Waals surface area contributed by atoms with Crippen molar-refractivity contribution >= 4 is 29.0 Å². The van der Waals surface area contributed by atoms with E-state index in [-0.39, 0.29) is 6.42 Å². The number of nitrogens with zero attached hydrogens (tertiary/aromatic N) is 2. The predicted octanol–water partition coefficient (Wildman–Crippen LogP) is 3.66. The number of carbonyl (C=O) groups excluding carboxylic acids is 3. The zero-order chi connectivity index (χ0) is 26.2. The normalized spacial score (nSPS) is 23.8. The highest BCUT2D eigenvalue weighted by molar-refractivity contribution is 6.10. The van der Waals surface area contributed by atoms with Crippen LogP contribution in [0.5, 0.6) is 0 Å². The monoisotopic (exact) mass is 488 g/mol. The number of anilines is 2. The van der Waals surface area contributed by atoms with E-state index < -0.39 is 41.0 Å². The molecule has 0 bridgehead atoms. The van der Waals surface area contributed by atoms with E-state index >= 15 is 0 Å². The number of Topliss-reactive ketones (excluding diaryl/α,β-unsaturated/α-hetero) is 1. The highest BCUT2D eigenvalue weighted by Gasteiger charge is 2.56. The average Bonchev–Trinajstić information content (AvgIpc) is 3.13. The van der Waals surface area contributed by atoms with Crippen molar-refractivity contribution in [2.24, 2.45) is 18.9 Å². The lowest BCUT2D eigenvalue weighted by molar-refractivity contribution is -0.150. The fraction of sp³-hybridized carbons (Fsp3) is 0.357. The van der Waals surface area contributed by atoms with Crippen LogP contribution in [-0.2, 0) is 21.4 Å². The van der Waals surface area contributed by atoms with Crippen LogP contribution >= 0.6 is 0 Å². The molecular weight excluding hydrogens is 456 g/mol. The zero-order valence-electron chi connectivity index (χ0n) is 21.2. The Balaban J connectivity index is 1.80. The van der Waals surface area contributed by atoms with Gasteiger partial charge >= 0.3 is 0 Å². The SMILES string of the molecule is Cc1ccccc1NC(=O)[C@H]1C(=O)C[C@](C)(O)[C@@H](C(=O)Nc2ccccc2C)[C@H]1c1cn(C)nc1C. The number of aliphatic hydroxyl groups is 1. The van der Waals surface area contributed by atoms with Gasteiger partial charge in [0.05, 0.1) is 17.2 Å². The minimum absolute atomic E-state index is 0.319. The maximum absolute atomic E-state index is 13.8. The first-order valence-corrected chi connectivity index (χ1v) is 12.0. The first-order valence-electron chi connectivity index (χ1n) is 12.0.